The van der Waals surface area contributed by atoms with Crippen LogP contribution < -0.4 is 10.4 Å². The number of aryl methyl sites for hydroxylation is 1. The van der Waals surface area contributed by atoms with Gasteiger partial charge < -0.3 is 9.30 Å². The number of halogens is 6. The van der Waals surface area contributed by atoms with E-state index in [0.29, 0.717) is 11.2 Å². The SMILES string of the molecule is Cn1/c(=N/S(=O)(=O)Cc2ccc(OC(F)(F)F)cc2)n(-c2ccccc2)c2cc(C(F)(F)F)ccc21. The number of para-hydroxylation sites is 1. The molecule has 0 aliphatic carbocycles. The van der Waals surface area contributed by atoms with Crippen LogP contribution in [0.4, 0.5) is 26.3 Å². The van der Waals surface area contributed by atoms with Crippen LogP contribution in [0.25, 0.3) is 16.7 Å². The van der Waals surface area contributed by atoms with Gasteiger partial charge in [-0.15, -0.1) is 17.6 Å². The first-order valence-corrected chi connectivity index (χ1v) is 11.8. The van der Waals surface area contributed by atoms with E-state index in [1.165, 1.54) is 22.2 Å². The number of benzene rings is 3. The Bertz CT molecular complexity index is 1570. The second-order valence-corrected chi connectivity index (χ2v) is 9.38. The Morgan fingerprint density at radius 3 is 2.08 bits per heavy atom. The first-order chi connectivity index (χ1) is 16.7. The van der Waals surface area contributed by atoms with Crippen molar-refractivity contribution in [2.75, 3.05) is 0 Å². The molecule has 36 heavy (non-hydrogen) atoms. The molecule has 6 nitrogen and oxygen atoms in total. The van der Waals surface area contributed by atoms with Crippen molar-refractivity contribution in [2.24, 2.45) is 11.4 Å². The average Bonchev–Trinajstić information content (AvgIpc) is 3.04. The molecule has 190 valence electrons. The molecule has 1 aromatic heterocycles. The molecule has 0 unspecified atom stereocenters. The highest BCUT2D eigenvalue weighted by molar-refractivity contribution is 7.89. The highest BCUT2D eigenvalue weighted by Crippen LogP contribution is 2.32. The molecule has 0 amide bonds. The number of aromatic nitrogens is 2. The maximum atomic E-state index is 13.4. The number of rotatable bonds is 5. The molecule has 13 heteroatoms. The Balaban J connectivity index is 1.83. The fourth-order valence-corrected chi connectivity index (χ4v) is 4.75. The second-order valence-electron chi connectivity index (χ2n) is 7.74. The highest BCUT2D eigenvalue weighted by Gasteiger charge is 2.32. The third kappa shape index (κ3) is 5.56. The van der Waals surface area contributed by atoms with Gasteiger partial charge in [-0.05, 0) is 48.0 Å². The number of hydrogen-bond acceptors (Lipinski definition) is 3. The van der Waals surface area contributed by atoms with Crippen LogP contribution in [-0.2, 0) is 29.0 Å². The summed E-state index contributed by atoms with van der Waals surface area (Å²) in [6.07, 6.45) is -9.52. The lowest BCUT2D eigenvalue weighted by Gasteiger charge is -2.09. The summed E-state index contributed by atoms with van der Waals surface area (Å²) in [7, 11) is -2.81. The molecule has 0 fully saturated rings. The number of alkyl halides is 6. The molecule has 4 aromatic rings. The number of nitrogens with zero attached hydrogens (tertiary/aromatic N) is 3. The molecule has 0 saturated carbocycles. The van der Waals surface area contributed by atoms with E-state index in [1.807, 2.05) is 0 Å². The summed E-state index contributed by atoms with van der Waals surface area (Å²) in [5, 5.41) is 0. The molecule has 0 atom stereocenters. The van der Waals surface area contributed by atoms with Crippen molar-refractivity contribution in [3.05, 3.63) is 89.5 Å². The van der Waals surface area contributed by atoms with E-state index in [0.717, 1.165) is 36.4 Å². The van der Waals surface area contributed by atoms with Crippen LogP contribution in [-0.4, -0.2) is 23.9 Å². The van der Waals surface area contributed by atoms with Gasteiger partial charge in [0.15, 0.2) is 0 Å². The zero-order valence-electron chi connectivity index (χ0n) is 18.4. The highest BCUT2D eigenvalue weighted by atomic mass is 32.2. The van der Waals surface area contributed by atoms with Crippen molar-refractivity contribution in [2.45, 2.75) is 18.3 Å². The molecule has 0 saturated heterocycles. The molecule has 3 aromatic carbocycles. The van der Waals surface area contributed by atoms with Crippen molar-refractivity contribution < 1.29 is 39.5 Å². The van der Waals surface area contributed by atoms with Gasteiger partial charge in [0, 0.05) is 12.7 Å². The molecule has 0 aliphatic heterocycles. The number of ether oxygens (including phenoxy) is 1. The quantitative estimate of drug-likeness (QED) is 0.329. The minimum atomic E-state index is -4.89. The van der Waals surface area contributed by atoms with E-state index in [-0.39, 0.29) is 16.7 Å². The van der Waals surface area contributed by atoms with Crippen molar-refractivity contribution in [3.8, 4) is 11.4 Å². The van der Waals surface area contributed by atoms with Gasteiger partial charge in [0.2, 0.25) is 5.62 Å². The smallest absolute Gasteiger partial charge is 0.406 e. The lowest BCUT2D eigenvalue weighted by Crippen LogP contribution is -2.25. The number of imidazole rings is 1. The Labute approximate surface area is 200 Å². The topological polar surface area (TPSA) is 65.6 Å². The average molecular weight is 529 g/mol. The van der Waals surface area contributed by atoms with Gasteiger partial charge in [-0.25, -0.2) is 8.42 Å². The van der Waals surface area contributed by atoms with Crippen molar-refractivity contribution in [1.29, 1.82) is 0 Å². The molecule has 0 N–H and O–H groups in total. The van der Waals surface area contributed by atoms with Crippen LogP contribution in [0.15, 0.2) is 77.2 Å². The minimum Gasteiger partial charge on any atom is -0.406 e. The molecule has 1 heterocycles. The first-order valence-electron chi connectivity index (χ1n) is 10.2. The monoisotopic (exact) mass is 529 g/mol. The van der Waals surface area contributed by atoms with E-state index < -0.39 is 39.6 Å². The van der Waals surface area contributed by atoms with Gasteiger partial charge in [-0.3, -0.25) is 4.57 Å². The van der Waals surface area contributed by atoms with Gasteiger partial charge in [0.1, 0.15) is 5.75 Å². The zero-order valence-corrected chi connectivity index (χ0v) is 19.2. The van der Waals surface area contributed by atoms with E-state index >= 15 is 0 Å². The van der Waals surface area contributed by atoms with Crippen LogP contribution in [0.5, 0.6) is 5.75 Å². The normalized spacial score (nSPS) is 13.4. The van der Waals surface area contributed by atoms with E-state index in [2.05, 4.69) is 9.13 Å². The van der Waals surface area contributed by atoms with Crippen LogP contribution in [0.3, 0.4) is 0 Å². The summed E-state index contributed by atoms with van der Waals surface area (Å²) >= 11 is 0. The van der Waals surface area contributed by atoms with E-state index in [9.17, 15) is 34.8 Å². The maximum absolute atomic E-state index is 13.4. The van der Waals surface area contributed by atoms with E-state index in [4.69, 9.17) is 0 Å². The molecular formula is C23H17F6N3O3S. The maximum Gasteiger partial charge on any atom is 0.573 e. The third-order valence-electron chi connectivity index (χ3n) is 5.15. The van der Waals surface area contributed by atoms with Crippen molar-refractivity contribution in [3.63, 3.8) is 0 Å². The Morgan fingerprint density at radius 1 is 0.861 bits per heavy atom. The number of hydrogen-bond donors (Lipinski definition) is 0. The summed E-state index contributed by atoms with van der Waals surface area (Å²) < 4.78 is 113. The van der Waals surface area contributed by atoms with Gasteiger partial charge >= 0.3 is 12.5 Å². The Hall–Kier alpha value is -3.74. The molecule has 0 aliphatic rings. The predicted octanol–water partition coefficient (Wildman–Crippen LogP) is 5.32. The standard InChI is InChI=1S/C23H17F6N3O3S/c1-31-19-12-9-16(22(24,25)26)13-20(19)32(17-5-3-2-4-6-17)21(31)30-36(33,34)14-15-7-10-18(11-8-15)35-23(27,28)29/h2-13H,14H2,1H3/b30-21-. The number of sulfonamides is 1. The molecular weight excluding hydrogens is 512 g/mol. The van der Waals surface area contributed by atoms with Gasteiger partial charge in [-0.1, -0.05) is 30.3 Å². The van der Waals surface area contributed by atoms with Crippen LogP contribution in [0.1, 0.15) is 11.1 Å². The van der Waals surface area contributed by atoms with Gasteiger partial charge in [-0.2, -0.15) is 13.2 Å². The van der Waals surface area contributed by atoms with Crippen LogP contribution in [0, 0.1) is 0 Å². The van der Waals surface area contributed by atoms with Crippen LogP contribution in [0.2, 0.25) is 0 Å². The molecule has 0 radical (unpaired) electrons. The van der Waals surface area contributed by atoms with E-state index in [1.54, 1.807) is 30.3 Å². The summed E-state index contributed by atoms with van der Waals surface area (Å²) in [5.41, 5.74) is -0.174. The lowest BCUT2D eigenvalue weighted by molar-refractivity contribution is -0.274. The fourth-order valence-electron chi connectivity index (χ4n) is 3.62. The third-order valence-corrected chi connectivity index (χ3v) is 6.29. The summed E-state index contributed by atoms with van der Waals surface area (Å²) in [4.78, 5) is 0. The minimum absolute atomic E-state index is 0.0844. The van der Waals surface area contributed by atoms with Crippen molar-refractivity contribution >= 4 is 21.1 Å². The molecule has 0 spiro atoms. The Kier molecular flexibility index (Phi) is 6.37. The van der Waals surface area contributed by atoms with Crippen LogP contribution >= 0.6 is 0 Å². The predicted molar refractivity (Wildman–Crippen MR) is 119 cm³/mol. The Morgan fingerprint density at radius 2 is 1.50 bits per heavy atom. The molecule has 4 rings (SSSR count). The number of fused-ring (bicyclic) bond motifs is 1. The summed E-state index contributed by atoms with van der Waals surface area (Å²) in [6, 6.07) is 15.4. The second kappa shape index (κ2) is 9.04. The van der Waals surface area contributed by atoms with Gasteiger partial charge in [0.05, 0.1) is 22.3 Å². The van der Waals surface area contributed by atoms with Gasteiger partial charge in [0.25, 0.3) is 10.0 Å². The zero-order chi connectivity index (χ0) is 26.3. The summed E-state index contributed by atoms with van der Waals surface area (Å²) in [6.45, 7) is 0. The van der Waals surface area contributed by atoms with Crippen molar-refractivity contribution in [1.82, 2.24) is 9.13 Å². The largest absolute Gasteiger partial charge is 0.573 e. The first kappa shape index (κ1) is 25.4. The lowest BCUT2D eigenvalue weighted by atomic mass is 10.2. The summed E-state index contributed by atoms with van der Waals surface area (Å²) in [5.74, 6) is -1.18. The molecule has 0 bridgehead atoms. The fraction of sp³-hybridized carbons (Fsp3) is 0.174.